The molecule has 0 saturated heterocycles. The van der Waals surface area contributed by atoms with Crippen molar-refractivity contribution in [3.8, 4) is 0 Å². The van der Waals surface area contributed by atoms with E-state index < -0.39 is 5.63 Å². The molecule has 15 heavy (non-hydrogen) atoms. The smallest absolute Gasteiger partial charge is 0.361 e. The summed E-state index contributed by atoms with van der Waals surface area (Å²) in [4.78, 5) is 11.2. The van der Waals surface area contributed by atoms with Crippen molar-refractivity contribution in [1.82, 2.24) is 10.2 Å². The van der Waals surface area contributed by atoms with Crippen LogP contribution in [0.5, 0.6) is 0 Å². The Bertz CT molecular complexity index is 508. The zero-order valence-corrected chi connectivity index (χ0v) is 8.25. The van der Waals surface area contributed by atoms with E-state index in [0.29, 0.717) is 12.4 Å². The minimum Gasteiger partial charge on any atom is -0.399 e. The topological polar surface area (TPSA) is 59.9 Å². The number of rotatable bonds is 2. The van der Waals surface area contributed by atoms with Gasteiger partial charge in [-0.25, -0.2) is 4.79 Å². The summed E-state index contributed by atoms with van der Waals surface area (Å²) >= 11 is 0. The van der Waals surface area contributed by atoms with E-state index >= 15 is 0 Å². The molecule has 0 aliphatic rings. The molecule has 2 aromatic heterocycles. The lowest BCUT2D eigenvalue weighted by Gasteiger charge is -1.94. The van der Waals surface area contributed by atoms with Crippen LogP contribution in [-0.4, -0.2) is 10.2 Å². The normalized spacial score (nSPS) is 10.2. The molecule has 0 aliphatic heterocycles. The fourth-order valence-corrected chi connectivity index (χ4v) is 1.13. The van der Waals surface area contributed by atoms with Gasteiger partial charge in [0.1, 0.15) is 5.69 Å². The van der Waals surface area contributed by atoms with Crippen molar-refractivity contribution in [3.63, 3.8) is 0 Å². The van der Waals surface area contributed by atoms with E-state index in [1.54, 1.807) is 6.92 Å². The van der Waals surface area contributed by atoms with Crippen LogP contribution in [0.25, 0.3) is 0 Å². The van der Waals surface area contributed by atoms with Crippen LogP contribution < -0.4 is 10.2 Å². The standard InChI is InChI=1S/C10H10N3O2/c1-8-10(14)15-9(12-11-8)7-13-5-3-2-4-6-13/h2-6H,7H2,1H3/q+1. The SMILES string of the molecule is Cc1nnc(C[n+]2ccccc2)oc1=O. The Labute approximate surface area is 86.0 Å². The molecule has 0 unspecified atom stereocenters. The van der Waals surface area contributed by atoms with Gasteiger partial charge in [-0.2, -0.15) is 4.57 Å². The van der Waals surface area contributed by atoms with Crippen LogP contribution in [0.1, 0.15) is 11.6 Å². The third kappa shape index (κ3) is 2.25. The summed E-state index contributed by atoms with van der Waals surface area (Å²) in [6, 6.07) is 5.69. The Balaban J connectivity index is 2.26. The van der Waals surface area contributed by atoms with Crippen LogP contribution in [0.3, 0.4) is 0 Å². The van der Waals surface area contributed by atoms with Gasteiger partial charge in [-0.1, -0.05) is 6.07 Å². The van der Waals surface area contributed by atoms with Crippen LogP contribution in [0.2, 0.25) is 0 Å². The largest absolute Gasteiger partial charge is 0.399 e. The Kier molecular flexibility index (Phi) is 2.53. The van der Waals surface area contributed by atoms with Crippen molar-refractivity contribution in [3.05, 3.63) is 52.6 Å². The average Bonchev–Trinajstić information content (AvgIpc) is 2.25. The van der Waals surface area contributed by atoms with E-state index in [4.69, 9.17) is 4.42 Å². The van der Waals surface area contributed by atoms with Crippen LogP contribution in [-0.2, 0) is 6.54 Å². The number of aryl methyl sites for hydroxylation is 1. The van der Waals surface area contributed by atoms with E-state index in [0.717, 1.165) is 0 Å². The van der Waals surface area contributed by atoms with Crippen LogP contribution in [0.15, 0.2) is 39.8 Å². The zero-order valence-electron chi connectivity index (χ0n) is 8.25. The van der Waals surface area contributed by atoms with E-state index in [9.17, 15) is 4.79 Å². The number of nitrogens with zero attached hydrogens (tertiary/aromatic N) is 3. The lowest BCUT2D eigenvalue weighted by atomic mass is 10.5. The summed E-state index contributed by atoms with van der Waals surface area (Å²) in [5, 5.41) is 7.50. The van der Waals surface area contributed by atoms with Gasteiger partial charge in [0.05, 0.1) is 0 Å². The van der Waals surface area contributed by atoms with Gasteiger partial charge in [-0.05, 0) is 6.92 Å². The maximum Gasteiger partial charge on any atom is 0.361 e. The van der Waals surface area contributed by atoms with Gasteiger partial charge in [-0.15, -0.1) is 10.2 Å². The number of aromatic nitrogens is 3. The summed E-state index contributed by atoms with van der Waals surface area (Å²) in [5.74, 6) is 0.307. The molecule has 0 aromatic carbocycles. The lowest BCUT2D eigenvalue weighted by Crippen LogP contribution is -2.34. The Morgan fingerprint density at radius 1 is 1.27 bits per heavy atom. The third-order valence-corrected chi connectivity index (χ3v) is 1.91. The Hall–Kier alpha value is -2.04. The monoisotopic (exact) mass is 204 g/mol. The molecule has 0 radical (unpaired) electrons. The molecule has 2 heterocycles. The average molecular weight is 204 g/mol. The van der Waals surface area contributed by atoms with Crippen molar-refractivity contribution in [2.24, 2.45) is 0 Å². The van der Waals surface area contributed by atoms with E-state index in [2.05, 4.69) is 10.2 Å². The number of hydrogen-bond donors (Lipinski definition) is 0. The third-order valence-electron chi connectivity index (χ3n) is 1.91. The summed E-state index contributed by atoms with van der Waals surface area (Å²) in [7, 11) is 0. The van der Waals surface area contributed by atoms with Crippen molar-refractivity contribution in [2.45, 2.75) is 13.5 Å². The van der Waals surface area contributed by atoms with E-state index in [-0.39, 0.29) is 5.69 Å². The highest BCUT2D eigenvalue weighted by molar-refractivity contribution is 4.87. The fraction of sp³-hybridized carbons (Fsp3) is 0.200. The van der Waals surface area contributed by atoms with Crippen LogP contribution in [0.4, 0.5) is 0 Å². The fourth-order valence-electron chi connectivity index (χ4n) is 1.13. The predicted molar refractivity (Wildman–Crippen MR) is 51.0 cm³/mol. The molecular formula is C10H10N3O2+. The quantitative estimate of drug-likeness (QED) is 0.650. The molecule has 0 atom stereocenters. The first kappa shape index (κ1) is 9.51. The van der Waals surface area contributed by atoms with Gasteiger partial charge in [0.2, 0.25) is 6.54 Å². The molecule has 76 valence electrons. The summed E-state index contributed by atoms with van der Waals surface area (Å²) in [6.45, 7) is 1.97. The molecular weight excluding hydrogens is 194 g/mol. The molecule has 0 N–H and O–H groups in total. The first-order chi connectivity index (χ1) is 7.25. The summed E-state index contributed by atoms with van der Waals surface area (Å²) < 4.78 is 6.81. The molecule has 2 aromatic rings. The van der Waals surface area contributed by atoms with Gasteiger partial charge >= 0.3 is 5.63 Å². The second kappa shape index (κ2) is 4.00. The van der Waals surface area contributed by atoms with Crippen molar-refractivity contribution in [2.75, 3.05) is 0 Å². The highest BCUT2D eigenvalue weighted by Crippen LogP contribution is 1.88. The second-order valence-corrected chi connectivity index (χ2v) is 3.12. The minimum absolute atomic E-state index is 0.275. The lowest BCUT2D eigenvalue weighted by molar-refractivity contribution is -0.690. The predicted octanol–water partition coefficient (Wildman–Crippen LogP) is 0.0740. The maximum atomic E-state index is 11.2. The molecule has 2 rings (SSSR count). The minimum atomic E-state index is -0.434. The van der Waals surface area contributed by atoms with Gasteiger partial charge in [0.15, 0.2) is 12.4 Å². The highest BCUT2D eigenvalue weighted by atomic mass is 16.4. The number of hydrogen-bond acceptors (Lipinski definition) is 4. The number of pyridine rings is 1. The zero-order chi connectivity index (χ0) is 10.7. The molecule has 0 spiro atoms. The molecule has 0 amide bonds. The van der Waals surface area contributed by atoms with Crippen LogP contribution in [0, 0.1) is 6.92 Å². The maximum absolute atomic E-state index is 11.2. The van der Waals surface area contributed by atoms with Crippen LogP contribution >= 0.6 is 0 Å². The molecule has 5 heteroatoms. The van der Waals surface area contributed by atoms with Gasteiger partial charge < -0.3 is 4.42 Å². The van der Waals surface area contributed by atoms with Crippen molar-refractivity contribution in [1.29, 1.82) is 0 Å². The first-order valence-electron chi connectivity index (χ1n) is 4.53. The molecule has 5 nitrogen and oxygen atoms in total. The van der Waals surface area contributed by atoms with E-state index in [1.165, 1.54) is 0 Å². The van der Waals surface area contributed by atoms with Gasteiger partial charge in [0.25, 0.3) is 5.89 Å². The second-order valence-electron chi connectivity index (χ2n) is 3.12. The van der Waals surface area contributed by atoms with Gasteiger partial charge in [0, 0.05) is 12.1 Å². The molecule has 0 fully saturated rings. The summed E-state index contributed by atoms with van der Waals surface area (Å²) in [5.41, 5.74) is -0.159. The van der Waals surface area contributed by atoms with Crippen molar-refractivity contribution >= 4 is 0 Å². The first-order valence-corrected chi connectivity index (χ1v) is 4.53. The summed E-state index contributed by atoms with van der Waals surface area (Å²) in [6.07, 6.45) is 3.73. The van der Waals surface area contributed by atoms with E-state index in [1.807, 2.05) is 35.2 Å². The molecule has 0 aliphatic carbocycles. The molecule has 0 saturated carbocycles. The highest BCUT2D eigenvalue weighted by Gasteiger charge is 2.08. The Morgan fingerprint density at radius 2 is 2.00 bits per heavy atom. The molecule has 0 bridgehead atoms. The Morgan fingerprint density at radius 3 is 2.67 bits per heavy atom. The van der Waals surface area contributed by atoms with Gasteiger partial charge in [-0.3, -0.25) is 0 Å². The van der Waals surface area contributed by atoms with Crippen molar-refractivity contribution < 1.29 is 8.98 Å².